The minimum absolute atomic E-state index is 1.09. The first kappa shape index (κ1) is 17.0. The molecule has 0 unspecified atom stereocenters. The number of nitrogens with zero attached hydrogens (tertiary/aromatic N) is 2. The van der Waals surface area contributed by atoms with Gasteiger partial charge in [-0.05, 0) is 37.2 Å². The molecule has 0 bridgehead atoms. The largest absolute Gasteiger partial charge is 0.344 e. The maximum Gasteiger partial charge on any atom is 0.0486 e. The Kier molecular flexibility index (Phi) is 5.81. The lowest BCUT2D eigenvalue weighted by Crippen LogP contribution is -2.27. The van der Waals surface area contributed by atoms with Gasteiger partial charge in [0, 0.05) is 47.1 Å². The van der Waals surface area contributed by atoms with Crippen molar-refractivity contribution in [1.82, 2.24) is 9.47 Å². The molecular formula is C20H29BrN2. The van der Waals surface area contributed by atoms with Gasteiger partial charge in [0.05, 0.1) is 0 Å². The number of halogens is 1. The van der Waals surface area contributed by atoms with Gasteiger partial charge in [0.1, 0.15) is 0 Å². The van der Waals surface area contributed by atoms with E-state index < -0.39 is 0 Å². The number of aryl methyl sites for hydroxylation is 1. The van der Waals surface area contributed by atoms with E-state index in [1.165, 1.54) is 73.4 Å². The van der Waals surface area contributed by atoms with Crippen LogP contribution in [0.5, 0.6) is 0 Å². The number of hydrogen-bond donors (Lipinski definition) is 0. The average Bonchev–Trinajstić information content (AvgIpc) is 2.83. The van der Waals surface area contributed by atoms with Crippen molar-refractivity contribution in [1.29, 1.82) is 0 Å². The quantitative estimate of drug-likeness (QED) is 0.558. The molecule has 0 atom stereocenters. The van der Waals surface area contributed by atoms with Crippen LogP contribution >= 0.6 is 15.9 Å². The molecule has 1 aliphatic rings. The number of fused-ring (bicyclic) bond motifs is 3. The summed E-state index contributed by atoms with van der Waals surface area (Å²) in [5.74, 6) is 0. The second kappa shape index (κ2) is 7.85. The summed E-state index contributed by atoms with van der Waals surface area (Å²) in [6, 6.07) is 6.80. The van der Waals surface area contributed by atoms with E-state index in [0.29, 0.717) is 0 Å². The van der Waals surface area contributed by atoms with Gasteiger partial charge in [-0.25, -0.2) is 0 Å². The van der Waals surface area contributed by atoms with E-state index in [1.807, 2.05) is 0 Å². The van der Waals surface area contributed by atoms with Gasteiger partial charge in [-0.15, -0.1) is 0 Å². The van der Waals surface area contributed by atoms with E-state index >= 15 is 0 Å². The average molecular weight is 377 g/mol. The lowest BCUT2D eigenvalue weighted by Gasteiger charge is -2.24. The molecule has 1 aromatic heterocycles. The molecule has 1 aliphatic heterocycles. The Morgan fingerprint density at radius 1 is 1.09 bits per heavy atom. The molecule has 0 N–H and O–H groups in total. The highest BCUT2D eigenvalue weighted by atomic mass is 79.9. The third kappa shape index (κ3) is 3.83. The van der Waals surface area contributed by atoms with Crippen LogP contribution in [0, 0.1) is 0 Å². The van der Waals surface area contributed by atoms with Crippen LogP contribution in [0.1, 0.15) is 56.7 Å². The van der Waals surface area contributed by atoms with Gasteiger partial charge in [-0.3, -0.25) is 0 Å². The van der Waals surface area contributed by atoms with Gasteiger partial charge in [0.2, 0.25) is 0 Å². The molecule has 0 radical (unpaired) electrons. The zero-order valence-corrected chi connectivity index (χ0v) is 16.2. The van der Waals surface area contributed by atoms with Crippen molar-refractivity contribution in [2.24, 2.45) is 0 Å². The molecule has 0 fully saturated rings. The zero-order valence-electron chi connectivity index (χ0n) is 14.6. The fourth-order valence-electron chi connectivity index (χ4n) is 3.86. The minimum atomic E-state index is 1.09. The molecule has 126 valence electrons. The number of aromatic nitrogens is 1. The first-order valence-electron chi connectivity index (χ1n) is 9.18. The number of unbranched alkanes of at least 4 members (excludes halogenated alkanes) is 5. The van der Waals surface area contributed by atoms with E-state index in [-0.39, 0.29) is 0 Å². The van der Waals surface area contributed by atoms with Gasteiger partial charge in [-0.2, -0.15) is 0 Å². The van der Waals surface area contributed by atoms with Crippen molar-refractivity contribution in [2.75, 3.05) is 13.6 Å². The molecule has 0 saturated heterocycles. The zero-order chi connectivity index (χ0) is 16.2. The van der Waals surface area contributed by atoms with Crippen LogP contribution in [0.3, 0.4) is 0 Å². The molecule has 3 rings (SSSR count). The van der Waals surface area contributed by atoms with Crippen LogP contribution in [0.2, 0.25) is 0 Å². The van der Waals surface area contributed by atoms with Crippen molar-refractivity contribution in [3.63, 3.8) is 0 Å². The first-order valence-corrected chi connectivity index (χ1v) is 9.98. The summed E-state index contributed by atoms with van der Waals surface area (Å²) >= 11 is 3.65. The lowest BCUT2D eigenvalue weighted by molar-refractivity contribution is 0.309. The highest BCUT2D eigenvalue weighted by molar-refractivity contribution is 9.10. The third-order valence-corrected chi connectivity index (χ3v) is 5.64. The number of rotatable bonds is 7. The maximum absolute atomic E-state index is 3.65. The number of likely N-dealkylation sites (N-methyl/N-ethyl adjacent to an activating group) is 1. The molecule has 23 heavy (non-hydrogen) atoms. The van der Waals surface area contributed by atoms with E-state index in [2.05, 4.69) is 57.6 Å². The van der Waals surface area contributed by atoms with Crippen LogP contribution in [0.25, 0.3) is 10.9 Å². The fourth-order valence-corrected chi connectivity index (χ4v) is 4.22. The molecule has 2 aromatic rings. The highest BCUT2D eigenvalue weighted by Gasteiger charge is 2.22. The minimum Gasteiger partial charge on any atom is -0.344 e. The van der Waals surface area contributed by atoms with Gasteiger partial charge < -0.3 is 9.47 Å². The summed E-state index contributed by atoms with van der Waals surface area (Å²) in [5.41, 5.74) is 4.58. The van der Waals surface area contributed by atoms with Gasteiger partial charge in [0.25, 0.3) is 0 Å². The van der Waals surface area contributed by atoms with E-state index in [4.69, 9.17) is 0 Å². The van der Waals surface area contributed by atoms with E-state index in [0.717, 1.165) is 6.54 Å². The fraction of sp³-hybridized carbons (Fsp3) is 0.600. The molecule has 0 spiro atoms. The van der Waals surface area contributed by atoms with Crippen molar-refractivity contribution in [2.45, 2.75) is 65.0 Å². The van der Waals surface area contributed by atoms with Crippen LogP contribution in [-0.4, -0.2) is 23.1 Å². The number of hydrogen-bond acceptors (Lipinski definition) is 1. The van der Waals surface area contributed by atoms with Crippen LogP contribution in [0.4, 0.5) is 0 Å². The Bertz CT molecular complexity index is 659. The second-order valence-corrected chi connectivity index (χ2v) is 7.91. The smallest absolute Gasteiger partial charge is 0.0486 e. The Hall–Kier alpha value is -0.800. The van der Waals surface area contributed by atoms with Crippen LogP contribution < -0.4 is 0 Å². The Balaban J connectivity index is 1.79. The molecular weight excluding hydrogens is 348 g/mol. The summed E-state index contributed by atoms with van der Waals surface area (Å²) in [6.07, 6.45) is 9.38. The van der Waals surface area contributed by atoms with Crippen LogP contribution in [-0.2, 0) is 19.5 Å². The Morgan fingerprint density at radius 3 is 2.70 bits per heavy atom. The second-order valence-electron chi connectivity index (χ2n) is 6.99. The normalized spacial score (nSPS) is 15.3. The van der Waals surface area contributed by atoms with E-state index in [1.54, 1.807) is 11.3 Å². The summed E-state index contributed by atoms with van der Waals surface area (Å²) in [6.45, 7) is 5.74. The molecule has 2 heterocycles. The van der Waals surface area contributed by atoms with E-state index in [9.17, 15) is 0 Å². The molecule has 0 aliphatic carbocycles. The first-order chi connectivity index (χ1) is 11.2. The molecule has 2 nitrogen and oxygen atoms in total. The Labute approximate surface area is 149 Å². The highest BCUT2D eigenvalue weighted by Crippen LogP contribution is 2.32. The maximum atomic E-state index is 3.65. The van der Waals surface area contributed by atoms with Crippen molar-refractivity contribution in [3.8, 4) is 0 Å². The van der Waals surface area contributed by atoms with Gasteiger partial charge >= 0.3 is 0 Å². The summed E-state index contributed by atoms with van der Waals surface area (Å²) in [5, 5.41) is 1.45. The molecule has 1 aromatic carbocycles. The molecule has 3 heteroatoms. The third-order valence-electron chi connectivity index (χ3n) is 5.14. The summed E-state index contributed by atoms with van der Waals surface area (Å²) in [4.78, 5) is 2.44. The SMILES string of the molecule is CCCCCCCCn1c2c(c3cc(Br)ccc31)CN(C)CC2. The predicted octanol–water partition coefficient (Wildman–Crippen LogP) is 5.75. The predicted molar refractivity (Wildman–Crippen MR) is 103 cm³/mol. The summed E-state index contributed by atoms with van der Waals surface area (Å²) < 4.78 is 3.81. The van der Waals surface area contributed by atoms with Crippen LogP contribution in [0.15, 0.2) is 22.7 Å². The number of benzene rings is 1. The van der Waals surface area contributed by atoms with Gasteiger partial charge in [-0.1, -0.05) is 55.0 Å². The summed E-state index contributed by atoms with van der Waals surface area (Å²) in [7, 11) is 2.23. The van der Waals surface area contributed by atoms with Gasteiger partial charge in [0.15, 0.2) is 0 Å². The monoisotopic (exact) mass is 376 g/mol. The van der Waals surface area contributed by atoms with Crippen molar-refractivity contribution < 1.29 is 0 Å². The lowest BCUT2D eigenvalue weighted by atomic mass is 10.1. The van der Waals surface area contributed by atoms with Crippen molar-refractivity contribution >= 4 is 26.8 Å². The standard InChI is InChI=1S/C20H29BrN2/c1-3-4-5-6-7-8-12-23-19-10-9-16(21)14-17(19)18-15-22(2)13-11-20(18)23/h9-10,14H,3-8,11-13,15H2,1-2H3. The molecule has 0 amide bonds. The van der Waals surface area contributed by atoms with Crippen molar-refractivity contribution in [3.05, 3.63) is 33.9 Å². The topological polar surface area (TPSA) is 8.17 Å². The molecule has 0 saturated carbocycles. The Morgan fingerprint density at radius 2 is 1.87 bits per heavy atom.